The summed E-state index contributed by atoms with van der Waals surface area (Å²) in [6.07, 6.45) is 9.52. The molecule has 0 rings (SSSR count). The number of hydrogen-bond donors (Lipinski definition) is 4. The summed E-state index contributed by atoms with van der Waals surface area (Å²) in [5.74, 6) is -0.768. The standard InChI is InChI=1S/C18H34O5/c1-2-3-4-8-11-16(20)17(21)14-13-15(19)10-7-5-6-9-12-18(22)23/h13-17,19-21H,2-12H2,1H3,(H,22,23)/b14-13+/t15-,16+,17+/m1/s1. The van der Waals surface area contributed by atoms with Crippen molar-refractivity contribution in [2.75, 3.05) is 0 Å². The smallest absolute Gasteiger partial charge is 0.303 e. The lowest BCUT2D eigenvalue weighted by Crippen LogP contribution is -2.24. The van der Waals surface area contributed by atoms with Crippen molar-refractivity contribution in [2.24, 2.45) is 0 Å². The Balaban J connectivity index is 3.71. The summed E-state index contributed by atoms with van der Waals surface area (Å²) in [6, 6.07) is 0. The van der Waals surface area contributed by atoms with Gasteiger partial charge in [-0.25, -0.2) is 0 Å². The highest BCUT2D eigenvalue weighted by Gasteiger charge is 2.13. The molecule has 0 aliphatic rings. The number of aliphatic hydroxyl groups excluding tert-OH is 3. The van der Waals surface area contributed by atoms with Crippen molar-refractivity contribution < 1.29 is 25.2 Å². The molecule has 0 spiro atoms. The van der Waals surface area contributed by atoms with Crippen molar-refractivity contribution in [1.29, 1.82) is 0 Å². The van der Waals surface area contributed by atoms with Gasteiger partial charge >= 0.3 is 5.97 Å². The van der Waals surface area contributed by atoms with E-state index in [1.807, 2.05) is 0 Å². The molecule has 0 aromatic carbocycles. The van der Waals surface area contributed by atoms with Crippen LogP contribution in [0, 0.1) is 0 Å². The summed E-state index contributed by atoms with van der Waals surface area (Å²) in [4.78, 5) is 10.3. The van der Waals surface area contributed by atoms with Gasteiger partial charge in [0.05, 0.1) is 18.3 Å². The van der Waals surface area contributed by atoms with Crippen LogP contribution in [0.25, 0.3) is 0 Å². The Hall–Kier alpha value is -0.910. The fraction of sp³-hybridized carbons (Fsp3) is 0.833. The van der Waals surface area contributed by atoms with Crippen LogP contribution in [0.2, 0.25) is 0 Å². The van der Waals surface area contributed by atoms with Gasteiger partial charge in [-0.3, -0.25) is 4.79 Å². The highest BCUT2D eigenvalue weighted by Crippen LogP contribution is 2.11. The fourth-order valence-electron chi connectivity index (χ4n) is 2.40. The molecule has 23 heavy (non-hydrogen) atoms. The van der Waals surface area contributed by atoms with E-state index in [4.69, 9.17) is 5.11 Å². The molecule has 0 unspecified atom stereocenters. The molecule has 0 aromatic rings. The molecule has 0 aliphatic carbocycles. The van der Waals surface area contributed by atoms with Crippen LogP contribution in [0.5, 0.6) is 0 Å². The molecule has 0 aliphatic heterocycles. The number of aliphatic carboxylic acids is 1. The molecule has 3 atom stereocenters. The SMILES string of the molecule is CCCCCC[C@H](O)[C@@H](O)/C=C/[C@H](O)CCCCCCC(=O)O. The Morgan fingerprint density at radius 3 is 2.13 bits per heavy atom. The highest BCUT2D eigenvalue weighted by molar-refractivity contribution is 5.66. The number of carboxylic acid groups (broad SMARTS) is 1. The lowest BCUT2D eigenvalue weighted by atomic mass is 10.0. The van der Waals surface area contributed by atoms with Crippen LogP contribution in [-0.4, -0.2) is 44.7 Å². The summed E-state index contributed by atoms with van der Waals surface area (Å²) < 4.78 is 0. The topological polar surface area (TPSA) is 98.0 Å². The summed E-state index contributed by atoms with van der Waals surface area (Å²) >= 11 is 0. The Morgan fingerprint density at radius 2 is 1.48 bits per heavy atom. The van der Waals surface area contributed by atoms with Gasteiger partial charge in [0.1, 0.15) is 0 Å². The highest BCUT2D eigenvalue weighted by atomic mass is 16.4. The quantitative estimate of drug-likeness (QED) is 0.273. The third-order valence-corrected chi connectivity index (χ3v) is 3.92. The molecule has 5 nitrogen and oxygen atoms in total. The normalized spacial score (nSPS) is 15.7. The number of aliphatic hydroxyl groups is 3. The largest absolute Gasteiger partial charge is 0.481 e. The Morgan fingerprint density at radius 1 is 0.870 bits per heavy atom. The monoisotopic (exact) mass is 330 g/mol. The number of carbonyl (C=O) groups is 1. The number of unbranched alkanes of at least 4 members (excludes halogenated alkanes) is 6. The van der Waals surface area contributed by atoms with Crippen LogP contribution in [0.1, 0.15) is 77.6 Å². The van der Waals surface area contributed by atoms with Gasteiger partial charge in [0.15, 0.2) is 0 Å². The second-order valence-corrected chi connectivity index (χ2v) is 6.21. The summed E-state index contributed by atoms with van der Waals surface area (Å²) in [5.41, 5.74) is 0. The molecular weight excluding hydrogens is 296 g/mol. The second-order valence-electron chi connectivity index (χ2n) is 6.21. The van der Waals surface area contributed by atoms with Crippen LogP contribution in [0.3, 0.4) is 0 Å². The van der Waals surface area contributed by atoms with Crippen molar-refractivity contribution in [3.63, 3.8) is 0 Å². The van der Waals surface area contributed by atoms with Crippen LogP contribution >= 0.6 is 0 Å². The van der Waals surface area contributed by atoms with E-state index in [0.29, 0.717) is 19.3 Å². The van der Waals surface area contributed by atoms with Gasteiger partial charge in [-0.15, -0.1) is 0 Å². The zero-order valence-electron chi connectivity index (χ0n) is 14.4. The maximum Gasteiger partial charge on any atom is 0.303 e. The van der Waals surface area contributed by atoms with Gasteiger partial charge in [-0.05, 0) is 19.3 Å². The van der Waals surface area contributed by atoms with Crippen molar-refractivity contribution in [2.45, 2.75) is 95.9 Å². The van der Waals surface area contributed by atoms with Crippen LogP contribution in [0.15, 0.2) is 12.2 Å². The third-order valence-electron chi connectivity index (χ3n) is 3.92. The molecule has 0 saturated heterocycles. The summed E-state index contributed by atoms with van der Waals surface area (Å²) in [7, 11) is 0. The zero-order chi connectivity index (χ0) is 17.5. The van der Waals surface area contributed by atoms with Crippen LogP contribution in [-0.2, 0) is 4.79 Å². The van der Waals surface area contributed by atoms with Gasteiger partial charge in [-0.1, -0.05) is 64.0 Å². The van der Waals surface area contributed by atoms with Gasteiger partial charge in [0.2, 0.25) is 0 Å². The van der Waals surface area contributed by atoms with E-state index in [0.717, 1.165) is 44.9 Å². The van der Waals surface area contributed by atoms with Crippen molar-refractivity contribution in [3.8, 4) is 0 Å². The first kappa shape index (κ1) is 22.1. The van der Waals surface area contributed by atoms with Gasteiger partial charge in [-0.2, -0.15) is 0 Å². The summed E-state index contributed by atoms with van der Waals surface area (Å²) in [6.45, 7) is 2.13. The minimum absolute atomic E-state index is 0.199. The molecule has 0 fully saturated rings. The first-order chi connectivity index (χ1) is 11.0. The van der Waals surface area contributed by atoms with Gasteiger partial charge < -0.3 is 20.4 Å². The van der Waals surface area contributed by atoms with E-state index in [9.17, 15) is 20.1 Å². The molecular formula is C18H34O5. The lowest BCUT2D eigenvalue weighted by Gasteiger charge is -2.15. The average Bonchev–Trinajstić information content (AvgIpc) is 2.52. The van der Waals surface area contributed by atoms with E-state index in [1.165, 1.54) is 12.2 Å². The molecule has 4 N–H and O–H groups in total. The van der Waals surface area contributed by atoms with E-state index < -0.39 is 24.3 Å². The minimum atomic E-state index is -0.929. The van der Waals surface area contributed by atoms with Crippen molar-refractivity contribution >= 4 is 5.97 Å². The molecule has 0 radical (unpaired) electrons. The van der Waals surface area contributed by atoms with Crippen LogP contribution < -0.4 is 0 Å². The molecule has 0 amide bonds. The molecule has 0 aromatic heterocycles. The Labute approximate surface area is 140 Å². The second kappa shape index (κ2) is 14.7. The minimum Gasteiger partial charge on any atom is -0.481 e. The van der Waals surface area contributed by atoms with Crippen molar-refractivity contribution in [3.05, 3.63) is 12.2 Å². The number of carboxylic acids is 1. The van der Waals surface area contributed by atoms with Gasteiger partial charge in [0, 0.05) is 6.42 Å². The molecule has 0 saturated carbocycles. The predicted octanol–water partition coefficient (Wildman–Crippen LogP) is 3.02. The summed E-state index contributed by atoms with van der Waals surface area (Å²) in [5, 5.41) is 37.9. The Kier molecular flexibility index (Phi) is 14.1. The first-order valence-electron chi connectivity index (χ1n) is 8.91. The van der Waals surface area contributed by atoms with Crippen LogP contribution in [0.4, 0.5) is 0 Å². The Bertz CT molecular complexity index is 317. The molecule has 0 heterocycles. The fourth-order valence-corrected chi connectivity index (χ4v) is 2.40. The molecule has 136 valence electrons. The van der Waals surface area contributed by atoms with E-state index in [2.05, 4.69) is 6.92 Å². The number of hydrogen-bond acceptors (Lipinski definition) is 4. The third kappa shape index (κ3) is 14.4. The van der Waals surface area contributed by atoms with E-state index in [-0.39, 0.29) is 6.42 Å². The zero-order valence-corrected chi connectivity index (χ0v) is 14.4. The predicted molar refractivity (Wildman–Crippen MR) is 91.3 cm³/mol. The maximum atomic E-state index is 10.3. The first-order valence-corrected chi connectivity index (χ1v) is 8.91. The number of rotatable bonds is 15. The average molecular weight is 330 g/mol. The van der Waals surface area contributed by atoms with Gasteiger partial charge in [0.25, 0.3) is 0 Å². The molecule has 0 bridgehead atoms. The molecule has 5 heteroatoms. The lowest BCUT2D eigenvalue weighted by molar-refractivity contribution is -0.137. The van der Waals surface area contributed by atoms with Crippen molar-refractivity contribution in [1.82, 2.24) is 0 Å². The van der Waals surface area contributed by atoms with E-state index in [1.54, 1.807) is 0 Å². The van der Waals surface area contributed by atoms with E-state index >= 15 is 0 Å². The maximum absolute atomic E-state index is 10.3.